The number of para-hydroxylation sites is 2. The van der Waals surface area contributed by atoms with Gasteiger partial charge in [0.1, 0.15) is 11.4 Å². The first-order valence-corrected chi connectivity index (χ1v) is 11.4. The number of phenols is 1. The fourth-order valence-electron chi connectivity index (χ4n) is 2.94. The summed E-state index contributed by atoms with van der Waals surface area (Å²) < 4.78 is 13.6. The molecule has 2 atom stereocenters. The Balaban J connectivity index is 2.16. The molecule has 0 fully saturated rings. The summed E-state index contributed by atoms with van der Waals surface area (Å²) in [5.41, 5.74) is -0.700. The quantitative estimate of drug-likeness (QED) is 0.542. The SMILES string of the molecule is C=CN(C(=O)C(c1csc2ccc(Cl)cc12)P(C)(=O)O)c1ccccc1O. The van der Waals surface area contributed by atoms with E-state index in [1.54, 1.807) is 35.7 Å². The van der Waals surface area contributed by atoms with E-state index in [0.29, 0.717) is 16.0 Å². The molecule has 1 heterocycles. The fraction of sp³-hybridized carbons (Fsp3) is 0.105. The molecule has 1 amide bonds. The lowest BCUT2D eigenvalue weighted by Crippen LogP contribution is -2.30. The predicted octanol–water partition coefficient (Wildman–Crippen LogP) is 5.38. The van der Waals surface area contributed by atoms with Crippen molar-refractivity contribution in [3.05, 3.63) is 71.2 Å². The Hall–Kier alpha value is -2.11. The van der Waals surface area contributed by atoms with Crippen molar-refractivity contribution in [1.29, 1.82) is 0 Å². The maximum absolute atomic E-state index is 13.3. The Bertz CT molecular complexity index is 1070. The number of carbonyl (C=O) groups is 1. The zero-order chi connectivity index (χ0) is 19.8. The molecule has 0 saturated heterocycles. The van der Waals surface area contributed by atoms with Crippen molar-refractivity contribution in [2.75, 3.05) is 11.6 Å². The highest BCUT2D eigenvalue weighted by Crippen LogP contribution is 2.56. The Kier molecular flexibility index (Phi) is 5.45. The molecular weight excluding hydrogens is 405 g/mol. The van der Waals surface area contributed by atoms with E-state index in [-0.39, 0.29) is 11.4 Å². The van der Waals surface area contributed by atoms with Crippen LogP contribution in [0.5, 0.6) is 5.75 Å². The number of anilines is 1. The van der Waals surface area contributed by atoms with Crippen LogP contribution in [0.25, 0.3) is 10.1 Å². The summed E-state index contributed by atoms with van der Waals surface area (Å²) in [6.07, 6.45) is 1.22. The van der Waals surface area contributed by atoms with Gasteiger partial charge in [0.05, 0.1) is 5.69 Å². The van der Waals surface area contributed by atoms with Gasteiger partial charge in [-0.3, -0.25) is 14.3 Å². The van der Waals surface area contributed by atoms with Crippen LogP contribution < -0.4 is 4.90 Å². The first-order chi connectivity index (χ1) is 12.7. The second-order valence-corrected chi connectivity index (χ2v) is 9.81. The largest absolute Gasteiger partial charge is 0.506 e. The summed E-state index contributed by atoms with van der Waals surface area (Å²) in [5, 5.41) is 12.9. The molecule has 0 aliphatic heterocycles. The minimum atomic E-state index is -3.90. The molecule has 5 nitrogen and oxygen atoms in total. The maximum Gasteiger partial charge on any atom is 0.248 e. The number of thiophene rings is 1. The van der Waals surface area contributed by atoms with E-state index in [1.165, 1.54) is 29.7 Å². The van der Waals surface area contributed by atoms with Gasteiger partial charge in [0.15, 0.2) is 0 Å². The number of carbonyl (C=O) groups excluding carboxylic acids is 1. The van der Waals surface area contributed by atoms with Crippen LogP contribution in [0.4, 0.5) is 5.69 Å². The van der Waals surface area contributed by atoms with E-state index in [4.69, 9.17) is 11.6 Å². The topological polar surface area (TPSA) is 77.8 Å². The van der Waals surface area contributed by atoms with Crippen molar-refractivity contribution in [2.24, 2.45) is 0 Å². The van der Waals surface area contributed by atoms with E-state index in [0.717, 1.165) is 16.3 Å². The van der Waals surface area contributed by atoms with E-state index < -0.39 is 18.9 Å². The lowest BCUT2D eigenvalue weighted by atomic mass is 10.1. The molecule has 0 saturated carbocycles. The van der Waals surface area contributed by atoms with Gasteiger partial charge in [-0.25, -0.2) is 0 Å². The van der Waals surface area contributed by atoms with E-state index >= 15 is 0 Å². The van der Waals surface area contributed by atoms with Gasteiger partial charge in [-0.2, -0.15) is 0 Å². The zero-order valence-corrected chi connectivity index (χ0v) is 16.8. The van der Waals surface area contributed by atoms with Gasteiger partial charge in [-0.15, -0.1) is 11.3 Å². The van der Waals surface area contributed by atoms with Gasteiger partial charge in [0, 0.05) is 22.6 Å². The number of amides is 1. The molecule has 27 heavy (non-hydrogen) atoms. The zero-order valence-electron chi connectivity index (χ0n) is 14.4. The third-order valence-electron chi connectivity index (χ3n) is 4.13. The Morgan fingerprint density at radius 3 is 2.67 bits per heavy atom. The second-order valence-electron chi connectivity index (χ2n) is 6.06. The number of hydrogen-bond acceptors (Lipinski definition) is 4. The number of rotatable bonds is 5. The average molecular weight is 422 g/mol. The number of phenolic OH excluding ortho intramolecular Hbond substituents is 1. The van der Waals surface area contributed by atoms with Crippen molar-refractivity contribution >= 4 is 52.0 Å². The molecule has 3 rings (SSSR count). The summed E-state index contributed by atoms with van der Waals surface area (Å²) in [4.78, 5) is 24.8. The summed E-state index contributed by atoms with van der Waals surface area (Å²) in [5.74, 6) is -0.786. The number of halogens is 1. The minimum Gasteiger partial charge on any atom is -0.506 e. The number of fused-ring (bicyclic) bond motifs is 1. The van der Waals surface area contributed by atoms with Gasteiger partial charge >= 0.3 is 0 Å². The van der Waals surface area contributed by atoms with Gasteiger partial charge < -0.3 is 10.00 Å². The molecule has 0 aliphatic carbocycles. The van der Waals surface area contributed by atoms with E-state index in [2.05, 4.69) is 6.58 Å². The average Bonchev–Trinajstić information content (AvgIpc) is 2.99. The molecule has 2 aromatic carbocycles. The minimum absolute atomic E-state index is 0.133. The first-order valence-electron chi connectivity index (χ1n) is 7.94. The number of aromatic hydroxyl groups is 1. The van der Waals surface area contributed by atoms with Crippen LogP contribution in [-0.4, -0.2) is 22.6 Å². The van der Waals surface area contributed by atoms with E-state index in [9.17, 15) is 19.4 Å². The monoisotopic (exact) mass is 421 g/mol. The first kappa shape index (κ1) is 19.6. The third-order valence-corrected chi connectivity index (χ3v) is 6.81. The van der Waals surface area contributed by atoms with Gasteiger partial charge in [-0.05, 0) is 46.7 Å². The van der Waals surface area contributed by atoms with Crippen LogP contribution in [0.2, 0.25) is 5.02 Å². The molecule has 0 spiro atoms. The third kappa shape index (κ3) is 3.80. The molecule has 1 aromatic heterocycles. The molecular formula is C19H17ClNO4PS. The Labute approximate surface area is 165 Å². The van der Waals surface area contributed by atoms with Crippen molar-refractivity contribution in [2.45, 2.75) is 5.66 Å². The molecule has 3 aromatic rings. The van der Waals surface area contributed by atoms with Crippen LogP contribution in [0, 0.1) is 0 Å². The van der Waals surface area contributed by atoms with Crippen molar-refractivity contribution < 1.29 is 19.4 Å². The molecule has 0 bridgehead atoms. The van der Waals surface area contributed by atoms with Gasteiger partial charge in [-0.1, -0.05) is 30.3 Å². The lowest BCUT2D eigenvalue weighted by Gasteiger charge is -2.26. The molecule has 0 aliphatic rings. The van der Waals surface area contributed by atoms with Crippen molar-refractivity contribution in [3.63, 3.8) is 0 Å². The molecule has 8 heteroatoms. The molecule has 2 N–H and O–H groups in total. The van der Waals surface area contributed by atoms with Crippen LogP contribution in [-0.2, 0) is 9.36 Å². The van der Waals surface area contributed by atoms with Crippen LogP contribution in [0.1, 0.15) is 11.2 Å². The van der Waals surface area contributed by atoms with Crippen molar-refractivity contribution in [1.82, 2.24) is 0 Å². The fourth-order valence-corrected chi connectivity index (χ4v) is 5.44. The normalized spacial score (nSPS) is 14.5. The Morgan fingerprint density at radius 2 is 2.04 bits per heavy atom. The summed E-state index contributed by atoms with van der Waals surface area (Å²) in [6.45, 7) is 4.77. The van der Waals surface area contributed by atoms with Gasteiger partial charge in [0.2, 0.25) is 13.3 Å². The highest BCUT2D eigenvalue weighted by Gasteiger charge is 2.39. The molecule has 140 valence electrons. The second kappa shape index (κ2) is 7.49. The summed E-state index contributed by atoms with van der Waals surface area (Å²) >= 11 is 7.45. The standard InChI is InChI=1S/C19H17ClNO4PS/c1-3-21(15-6-4-5-7-16(15)22)19(23)18(26(2,24)25)14-11-27-17-9-8-12(20)10-13(14)17/h3-11,18,22H,1H2,2H3,(H,24,25). The number of nitrogens with zero attached hydrogens (tertiary/aromatic N) is 1. The van der Waals surface area contributed by atoms with E-state index in [1.807, 2.05) is 0 Å². The predicted molar refractivity (Wildman–Crippen MR) is 111 cm³/mol. The summed E-state index contributed by atoms with van der Waals surface area (Å²) in [6, 6.07) is 11.4. The lowest BCUT2D eigenvalue weighted by molar-refractivity contribution is -0.117. The van der Waals surface area contributed by atoms with Crippen LogP contribution in [0.15, 0.2) is 60.6 Å². The number of benzene rings is 2. The van der Waals surface area contributed by atoms with Gasteiger partial charge in [0.25, 0.3) is 0 Å². The summed E-state index contributed by atoms with van der Waals surface area (Å²) in [7, 11) is -3.90. The smallest absolute Gasteiger partial charge is 0.248 e. The highest BCUT2D eigenvalue weighted by atomic mass is 35.5. The number of hydrogen-bond donors (Lipinski definition) is 2. The highest BCUT2D eigenvalue weighted by molar-refractivity contribution is 7.58. The van der Waals surface area contributed by atoms with Crippen molar-refractivity contribution in [3.8, 4) is 5.75 Å². The maximum atomic E-state index is 13.3. The molecule has 0 radical (unpaired) electrons. The van der Waals surface area contributed by atoms with Crippen LogP contribution in [0.3, 0.4) is 0 Å². The molecule has 2 unspecified atom stereocenters. The Morgan fingerprint density at radius 1 is 1.33 bits per heavy atom. The van der Waals surface area contributed by atoms with Crippen LogP contribution >= 0.6 is 30.3 Å².